The smallest absolute Gasteiger partial charge is 0.157 e. The third kappa shape index (κ3) is 14.0. The highest BCUT2D eigenvalue weighted by Crippen LogP contribution is 2.00. The average Bonchev–Trinajstić information content (AvgIpc) is 2.18. The summed E-state index contributed by atoms with van der Waals surface area (Å²) >= 11 is 0. The van der Waals surface area contributed by atoms with Crippen LogP contribution in [0.3, 0.4) is 0 Å². The van der Waals surface area contributed by atoms with Gasteiger partial charge in [-0.1, -0.05) is 59.5 Å². The van der Waals surface area contributed by atoms with Crippen molar-refractivity contribution in [3.05, 3.63) is 12.2 Å². The quantitative estimate of drug-likeness (QED) is 0.453. The van der Waals surface area contributed by atoms with Gasteiger partial charge in [0, 0.05) is 6.42 Å². The first-order chi connectivity index (χ1) is 6.59. The minimum atomic E-state index is 0.153. The van der Waals surface area contributed by atoms with Gasteiger partial charge in [0.25, 0.3) is 0 Å². The van der Waals surface area contributed by atoms with Crippen LogP contribution in [0.5, 0.6) is 0 Å². The summed E-state index contributed by atoms with van der Waals surface area (Å²) in [6.45, 7) is 11.5. The summed E-state index contributed by atoms with van der Waals surface area (Å²) in [5, 5.41) is 0. The molecule has 0 fully saturated rings. The fraction of sp³-hybridized carbons (Fsp3) is 0.769. The van der Waals surface area contributed by atoms with E-state index < -0.39 is 0 Å². The first-order valence-corrected chi connectivity index (χ1v) is 5.78. The molecule has 0 spiro atoms. The van der Waals surface area contributed by atoms with Crippen molar-refractivity contribution in [2.75, 3.05) is 0 Å². The predicted molar refractivity (Wildman–Crippen MR) is 64.5 cm³/mol. The van der Waals surface area contributed by atoms with E-state index in [-0.39, 0.29) is 5.78 Å². The molecule has 0 rings (SSSR count). The Morgan fingerprint density at radius 1 is 1.00 bits per heavy atom. The summed E-state index contributed by atoms with van der Waals surface area (Å²) in [5.74, 6) is 0.153. The van der Waals surface area contributed by atoms with Crippen LogP contribution < -0.4 is 0 Å². The molecule has 1 heteroatoms. The number of carbonyl (C=O) groups is 1. The molecule has 0 aliphatic rings. The van der Waals surface area contributed by atoms with Gasteiger partial charge in [-0.15, -0.1) is 0 Å². The number of hydrogen-bond acceptors (Lipinski definition) is 1. The minimum absolute atomic E-state index is 0.153. The maximum absolute atomic E-state index is 10.4. The van der Waals surface area contributed by atoms with Gasteiger partial charge in [-0.05, 0) is 12.5 Å². The predicted octanol–water partition coefficient (Wildman–Crippen LogP) is 4.52. The summed E-state index contributed by atoms with van der Waals surface area (Å²) in [5.41, 5.74) is 0.655. The highest BCUT2D eigenvalue weighted by Gasteiger charge is 1.93. The fourth-order valence-electron chi connectivity index (χ4n) is 0.979. The standard InChI is InChI=1S/C7H16.C6H10O/c1-3-5-7-6-4-2;1-4-6(7)5(2)3/h3-7H2,1-2H3;2,4H2,1,3H3. The van der Waals surface area contributed by atoms with E-state index in [1.54, 1.807) is 6.92 Å². The molecule has 0 N–H and O–H groups in total. The Morgan fingerprint density at radius 3 is 1.57 bits per heavy atom. The van der Waals surface area contributed by atoms with Crippen LogP contribution in [0.2, 0.25) is 0 Å². The summed E-state index contributed by atoms with van der Waals surface area (Å²) in [7, 11) is 0. The van der Waals surface area contributed by atoms with Crippen molar-refractivity contribution in [1.29, 1.82) is 0 Å². The zero-order valence-corrected chi connectivity index (χ0v) is 10.4. The van der Waals surface area contributed by atoms with Gasteiger partial charge in [-0.25, -0.2) is 0 Å². The van der Waals surface area contributed by atoms with Crippen LogP contribution in [-0.2, 0) is 4.79 Å². The van der Waals surface area contributed by atoms with Crippen molar-refractivity contribution in [3.63, 3.8) is 0 Å². The minimum Gasteiger partial charge on any atom is -0.295 e. The Bertz CT molecular complexity index is 143. The summed E-state index contributed by atoms with van der Waals surface area (Å²) in [6.07, 6.45) is 7.59. The first-order valence-electron chi connectivity index (χ1n) is 5.78. The molecule has 0 aromatic heterocycles. The molecular weight excluding hydrogens is 172 g/mol. The van der Waals surface area contributed by atoms with Crippen molar-refractivity contribution in [1.82, 2.24) is 0 Å². The van der Waals surface area contributed by atoms with E-state index in [4.69, 9.17) is 0 Å². The zero-order valence-electron chi connectivity index (χ0n) is 10.4. The molecule has 0 atom stereocenters. The highest BCUT2D eigenvalue weighted by atomic mass is 16.1. The van der Waals surface area contributed by atoms with Gasteiger partial charge >= 0.3 is 0 Å². The van der Waals surface area contributed by atoms with Gasteiger partial charge in [0.1, 0.15) is 0 Å². The Hall–Kier alpha value is -0.590. The second-order valence-electron chi connectivity index (χ2n) is 3.62. The van der Waals surface area contributed by atoms with Crippen LogP contribution in [0.4, 0.5) is 0 Å². The fourth-order valence-corrected chi connectivity index (χ4v) is 0.979. The lowest BCUT2D eigenvalue weighted by atomic mass is 10.2. The second kappa shape index (κ2) is 12.4. The lowest BCUT2D eigenvalue weighted by Crippen LogP contribution is -1.93. The molecule has 0 aliphatic heterocycles. The maximum atomic E-state index is 10.4. The van der Waals surface area contributed by atoms with E-state index in [9.17, 15) is 4.79 Å². The Morgan fingerprint density at radius 2 is 1.43 bits per heavy atom. The third-order valence-corrected chi connectivity index (χ3v) is 2.00. The molecule has 14 heavy (non-hydrogen) atoms. The topological polar surface area (TPSA) is 17.1 Å². The number of Topliss-reactive ketones (excluding diaryl/α,β-unsaturated/α-hetero) is 1. The van der Waals surface area contributed by atoms with Crippen molar-refractivity contribution >= 4 is 5.78 Å². The number of allylic oxidation sites excluding steroid dienone is 1. The molecular formula is C13H26O. The van der Waals surface area contributed by atoms with Gasteiger partial charge in [-0.2, -0.15) is 0 Å². The molecule has 0 aliphatic carbocycles. The number of unbranched alkanes of at least 4 members (excludes halogenated alkanes) is 4. The maximum Gasteiger partial charge on any atom is 0.157 e. The molecule has 0 aromatic carbocycles. The lowest BCUT2D eigenvalue weighted by molar-refractivity contribution is -0.115. The average molecular weight is 198 g/mol. The summed E-state index contributed by atoms with van der Waals surface area (Å²) in [4.78, 5) is 10.4. The number of ketones is 1. The zero-order chi connectivity index (χ0) is 11.4. The lowest BCUT2D eigenvalue weighted by Gasteiger charge is -1.90. The van der Waals surface area contributed by atoms with E-state index in [2.05, 4.69) is 20.4 Å². The van der Waals surface area contributed by atoms with Crippen LogP contribution in [0.1, 0.15) is 66.2 Å². The van der Waals surface area contributed by atoms with Crippen molar-refractivity contribution < 1.29 is 4.79 Å². The molecule has 0 saturated heterocycles. The molecule has 0 aromatic rings. The molecule has 0 bridgehead atoms. The summed E-state index contributed by atoms with van der Waals surface area (Å²) in [6, 6.07) is 0. The van der Waals surface area contributed by atoms with E-state index in [1.165, 1.54) is 32.1 Å². The van der Waals surface area contributed by atoms with E-state index in [0.717, 1.165) is 0 Å². The number of rotatable bonds is 6. The van der Waals surface area contributed by atoms with Crippen molar-refractivity contribution in [2.24, 2.45) is 0 Å². The molecule has 0 radical (unpaired) electrons. The van der Waals surface area contributed by atoms with Crippen molar-refractivity contribution in [3.8, 4) is 0 Å². The Kier molecular flexibility index (Phi) is 14.1. The van der Waals surface area contributed by atoms with E-state index in [0.29, 0.717) is 12.0 Å². The SMILES string of the molecule is C=C(C)C(=O)CC.CCCCCCC. The van der Waals surface area contributed by atoms with Crippen LogP contribution in [0.15, 0.2) is 12.2 Å². The first kappa shape index (κ1) is 15.9. The van der Waals surface area contributed by atoms with Gasteiger partial charge in [0.15, 0.2) is 5.78 Å². The van der Waals surface area contributed by atoms with Gasteiger partial charge in [-0.3, -0.25) is 4.79 Å². The number of carbonyl (C=O) groups excluding carboxylic acids is 1. The Balaban J connectivity index is 0. The van der Waals surface area contributed by atoms with E-state index >= 15 is 0 Å². The normalized spacial score (nSPS) is 8.86. The second-order valence-corrected chi connectivity index (χ2v) is 3.62. The van der Waals surface area contributed by atoms with Gasteiger partial charge in [0.2, 0.25) is 0 Å². The molecule has 0 saturated carbocycles. The van der Waals surface area contributed by atoms with Crippen LogP contribution in [0, 0.1) is 0 Å². The highest BCUT2D eigenvalue weighted by molar-refractivity contribution is 5.93. The van der Waals surface area contributed by atoms with Gasteiger partial charge < -0.3 is 0 Å². The molecule has 84 valence electrons. The van der Waals surface area contributed by atoms with Crippen LogP contribution in [-0.4, -0.2) is 5.78 Å². The molecule has 0 unspecified atom stereocenters. The Labute approximate surface area is 89.6 Å². The largest absolute Gasteiger partial charge is 0.295 e. The van der Waals surface area contributed by atoms with Gasteiger partial charge in [0.05, 0.1) is 0 Å². The monoisotopic (exact) mass is 198 g/mol. The molecule has 1 nitrogen and oxygen atoms in total. The molecule has 0 amide bonds. The number of hydrogen-bond donors (Lipinski definition) is 0. The molecule has 0 heterocycles. The van der Waals surface area contributed by atoms with Crippen LogP contribution >= 0.6 is 0 Å². The third-order valence-electron chi connectivity index (χ3n) is 2.00. The summed E-state index contributed by atoms with van der Waals surface area (Å²) < 4.78 is 0. The van der Waals surface area contributed by atoms with Crippen LogP contribution in [0.25, 0.3) is 0 Å². The van der Waals surface area contributed by atoms with Crippen molar-refractivity contribution in [2.45, 2.75) is 66.2 Å². The van der Waals surface area contributed by atoms with E-state index in [1.807, 2.05) is 6.92 Å².